The number of nitrogens with zero attached hydrogens (tertiary/aromatic N) is 3. The van der Waals surface area contributed by atoms with Gasteiger partial charge < -0.3 is 0 Å². The number of anilines is 1. The van der Waals surface area contributed by atoms with Gasteiger partial charge in [0, 0.05) is 16.0 Å². The zero-order chi connectivity index (χ0) is 16.6. The van der Waals surface area contributed by atoms with E-state index in [1.807, 2.05) is 0 Å². The van der Waals surface area contributed by atoms with Gasteiger partial charge in [-0.05, 0) is 23.6 Å². The predicted octanol–water partition coefficient (Wildman–Crippen LogP) is 5.06. The van der Waals surface area contributed by atoms with E-state index in [-0.39, 0.29) is 5.23 Å². The minimum Gasteiger partial charge on any atom is -0.272 e. The number of hydrogen-bond acceptors (Lipinski definition) is 3. The highest BCUT2D eigenvalue weighted by Gasteiger charge is 2.50. The summed E-state index contributed by atoms with van der Waals surface area (Å²) in [6.45, 7) is 1.71. The summed E-state index contributed by atoms with van der Waals surface area (Å²) < 4.78 is 14.2. The first-order valence-corrected chi connectivity index (χ1v) is 8.14. The quantitative estimate of drug-likeness (QED) is 0.303. The molecule has 2 atom stereocenters. The lowest BCUT2D eigenvalue weighted by atomic mass is 10.1. The normalized spacial score (nSPS) is 20.9. The van der Waals surface area contributed by atoms with Crippen molar-refractivity contribution < 1.29 is 9.28 Å². The maximum atomic E-state index is 14.2. The Bertz CT molecular complexity index is 585. The lowest BCUT2D eigenvalue weighted by Gasteiger charge is -2.31. The Balaban J connectivity index is 2.55. The number of hydrazine groups is 1. The van der Waals surface area contributed by atoms with Crippen molar-refractivity contribution in [2.75, 3.05) is 4.90 Å². The Hall–Kier alpha value is -0.370. The van der Waals surface area contributed by atoms with Crippen LogP contribution in [-0.2, 0) is 0 Å². The lowest BCUT2D eigenvalue weighted by molar-refractivity contribution is -0.115. The van der Waals surface area contributed by atoms with Crippen molar-refractivity contribution in [3.05, 3.63) is 28.2 Å². The molecule has 0 saturated carbocycles. The molecule has 1 heterocycles. The molecule has 2 amide bonds. The van der Waals surface area contributed by atoms with Gasteiger partial charge in [0.15, 0.2) is 4.96 Å². The van der Waals surface area contributed by atoms with Crippen molar-refractivity contribution in [3.8, 4) is 0 Å². The Labute approximate surface area is 152 Å². The summed E-state index contributed by atoms with van der Waals surface area (Å²) in [5.41, 5.74) is 0.315. The molecule has 1 aromatic carbocycles. The third-order valence-corrected chi connectivity index (χ3v) is 4.38. The van der Waals surface area contributed by atoms with E-state index in [2.05, 4.69) is 0 Å². The van der Waals surface area contributed by atoms with Crippen LogP contribution in [0, 0.1) is 5.92 Å². The fraction of sp³-hybridized carbons (Fsp3) is 0.333. The molecule has 1 saturated heterocycles. The van der Waals surface area contributed by atoms with Crippen molar-refractivity contribution in [1.82, 2.24) is 10.2 Å². The third kappa shape index (κ3) is 3.27. The van der Waals surface area contributed by atoms with Crippen LogP contribution in [0.1, 0.15) is 6.92 Å². The molecule has 120 valence electrons. The first kappa shape index (κ1) is 18.0. The summed E-state index contributed by atoms with van der Waals surface area (Å²) in [4.78, 5) is 12.1. The first-order valence-electron chi connectivity index (χ1n) is 6.04. The number of hydrogen-bond donors (Lipinski definition) is 0. The van der Waals surface area contributed by atoms with Crippen LogP contribution in [-0.4, -0.2) is 32.8 Å². The molecular weight excluding hydrogens is 395 g/mol. The van der Waals surface area contributed by atoms with Crippen LogP contribution in [0.5, 0.6) is 0 Å². The summed E-state index contributed by atoms with van der Waals surface area (Å²) in [5.74, 6) is -0.405. The number of thiocarbonyl (C=S) groups is 1. The van der Waals surface area contributed by atoms with Gasteiger partial charge in [-0.3, -0.25) is 4.90 Å². The van der Waals surface area contributed by atoms with E-state index < -0.39 is 23.1 Å². The molecule has 10 heteroatoms. The molecule has 1 aliphatic rings. The Morgan fingerprint density at radius 3 is 2.27 bits per heavy atom. The Morgan fingerprint density at radius 2 is 1.82 bits per heavy atom. The van der Waals surface area contributed by atoms with E-state index in [4.69, 9.17) is 58.6 Å². The van der Waals surface area contributed by atoms with Crippen LogP contribution in [0.4, 0.5) is 15.0 Å². The molecule has 1 fully saturated rings. The van der Waals surface area contributed by atoms with Crippen molar-refractivity contribution in [2.24, 2.45) is 5.92 Å². The number of amides is 2. The number of rotatable bonds is 4. The van der Waals surface area contributed by atoms with Gasteiger partial charge in [0.05, 0.1) is 5.69 Å². The predicted molar refractivity (Wildman–Crippen MR) is 91.2 cm³/mol. The van der Waals surface area contributed by atoms with Gasteiger partial charge in [-0.15, -0.1) is 5.01 Å². The number of urea groups is 1. The average molecular weight is 405 g/mol. The molecule has 0 spiro atoms. The molecular formula is C12H10Cl4FN3OS. The molecule has 0 bridgehead atoms. The number of benzene rings is 1. The minimum absolute atomic E-state index is 0.139. The van der Waals surface area contributed by atoms with Crippen LogP contribution in [0.2, 0.25) is 10.0 Å². The Morgan fingerprint density at radius 1 is 1.27 bits per heavy atom. The number of carbonyl (C=O) groups excluding carboxylic acids is 1. The van der Waals surface area contributed by atoms with Crippen LogP contribution in [0.15, 0.2) is 18.2 Å². The second-order valence-electron chi connectivity index (χ2n) is 4.61. The fourth-order valence-electron chi connectivity index (χ4n) is 2.20. The van der Waals surface area contributed by atoms with Gasteiger partial charge in [0.2, 0.25) is 0 Å². The average Bonchev–Trinajstić information content (AvgIpc) is 2.69. The van der Waals surface area contributed by atoms with Crippen molar-refractivity contribution in [1.29, 1.82) is 0 Å². The first-order chi connectivity index (χ1) is 10.3. The van der Waals surface area contributed by atoms with Gasteiger partial charge in [-0.2, -0.15) is 0 Å². The van der Waals surface area contributed by atoms with Crippen LogP contribution < -0.4 is 4.90 Å². The van der Waals surface area contributed by atoms with Crippen LogP contribution >= 0.6 is 58.6 Å². The van der Waals surface area contributed by atoms with Crippen molar-refractivity contribution in [2.45, 2.75) is 18.0 Å². The summed E-state index contributed by atoms with van der Waals surface area (Å²) >= 11 is 28.4. The third-order valence-electron chi connectivity index (χ3n) is 3.11. The molecule has 4 nitrogen and oxygen atoms in total. The largest absolute Gasteiger partial charge is 0.369 e. The van der Waals surface area contributed by atoms with Gasteiger partial charge in [-0.25, -0.2) is 4.79 Å². The Kier molecular flexibility index (Phi) is 5.74. The van der Waals surface area contributed by atoms with E-state index >= 15 is 0 Å². The van der Waals surface area contributed by atoms with Crippen molar-refractivity contribution in [3.63, 3.8) is 0 Å². The number of alkyl halides is 2. The smallest absolute Gasteiger partial charge is 0.272 e. The summed E-state index contributed by atoms with van der Waals surface area (Å²) in [6, 6.07) is 3.52. The van der Waals surface area contributed by atoms with E-state index in [9.17, 15) is 9.28 Å². The maximum Gasteiger partial charge on any atom is 0.369 e. The zero-order valence-corrected chi connectivity index (χ0v) is 14.9. The molecule has 22 heavy (non-hydrogen) atoms. The monoisotopic (exact) mass is 403 g/mol. The van der Waals surface area contributed by atoms with Gasteiger partial charge in [0.25, 0.3) is 0 Å². The van der Waals surface area contributed by atoms with Crippen LogP contribution in [0.3, 0.4) is 0 Å². The SMILES string of the molecule is CC(C=S)C1N(c2cc(Cl)cc(Cl)c2)C(=O)N(F)N1C(Cl)Cl. The van der Waals surface area contributed by atoms with Gasteiger partial charge in [-0.1, -0.05) is 75.3 Å². The molecule has 0 aliphatic carbocycles. The summed E-state index contributed by atoms with van der Waals surface area (Å²) in [5, 5.41) is 2.76. The van der Waals surface area contributed by atoms with E-state index in [1.54, 1.807) is 6.92 Å². The van der Waals surface area contributed by atoms with Gasteiger partial charge in [0.1, 0.15) is 6.17 Å². The summed E-state index contributed by atoms with van der Waals surface area (Å²) in [6.07, 6.45) is -0.843. The lowest BCUT2D eigenvalue weighted by Crippen LogP contribution is -2.47. The zero-order valence-electron chi connectivity index (χ0n) is 11.1. The highest BCUT2D eigenvalue weighted by atomic mass is 35.5. The molecule has 0 N–H and O–H groups in total. The van der Waals surface area contributed by atoms with Gasteiger partial charge >= 0.3 is 6.03 Å². The molecule has 1 aliphatic heterocycles. The van der Waals surface area contributed by atoms with Crippen molar-refractivity contribution >= 4 is 75.7 Å². The fourth-order valence-corrected chi connectivity index (χ4v) is 3.24. The molecule has 2 rings (SSSR count). The van der Waals surface area contributed by atoms with E-state index in [0.717, 1.165) is 9.91 Å². The minimum atomic E-state index is -1.28. The topological polar surface area (TPSA) is 26.8 Å². The maximum absolute atomic E-state index is 14.2. The number of halogens is 5. The molecule has 1 aromatic rings. The molecule has 0 aromatic heterocycles. The van der Waals surface area contributed by atoms with E-state index in [0.29, 0.717) is 15.7 Å². The highest BCUT2D eigenvalue weighted by molar-refractivity contribution is 7.79. The highest BCUT2D eigenvalue weighted by Crippen LogP contribution is 2.37. The number of carbonyl (C=O) groups is 1. The summed E-state index contributed by atoms with van der Waals surface area (Å²) in [7, 11) is 0. The van der Waals surface area contributed by atoms with E-state index in [1.165, 1.54) is 23.6 Å². The molecule has 2 unspecified atom stereocenters. The standard InChI is InChI=1S/C12H10Cl4FN3OS/c1-6(5-22)10-18(9-3-7(13)2-8(14)4-9)12(21)20(17)19(10)11(15)16/h2-6,10-11H,1H3. The molecule has 0 radical (unpaired) electrons. The second-order valence-corrected chi connectivity index (χ2v) is 6.80. The van der Waals surface area contributed by atoms with Crippen LogP contribution in [0.25, 0.3) is 0 Å². The second kappa shape index (κ2) is 7.03.